The molecule has 0 atom stereocenters. The van der Waals surface area contributed by atoms with E-state index < -0.39 is 0 Å². The van der Waals surface area contributed by atoms with Crippen LogP contribution in [0.25, 0.3) is 31.2 Å². The van der Waals surface area contributed by atoms with Gasteiger partial charge in [-0.05, 0) is 48.0 Å². The van der Waals surface area contributed by atoms with Crippen LogP contribution in [0.4, 0.5) is 5.69 Å². The average Bonchev–Trinajstić information content (AvgIpc) is 3.02. The third kappa shape index (κ3) is 3.53. The van der Waals surface area contributed by atoms with E-state index in [-0.39, 0.29) is 0 Å². The van der Waals surface area contributed by atoms with Crippen molar-refractivity contribution in [3.05, 3.63) is 52.9 Å². The number of hydrogen-bond acceptors (Lipinski definition) is 5. The number of azide groups is 1. The van der Waals surface area contributed by atoms with Gasteiger partial charge in [-0.2, -0.15) is 0 Å². The van der Waals surface area contributed by atoms with Crippen LogP contribution in [-0.4, -0.2) is 25.2 Å². The lowest BCUT2D eigenvalue weighted by Crippen LogP contribution is -1.99. The number of hydrogen-bond donors (Lipinski definition) is 1. The first-order chi connectivity index (χ1) is 11.3. The van der Waals surface area contributed by atoms with Crippen LogP contribution in [0, 0.1) is 0 Å². The summed E-state index contributed by atoms with van der Waals surface area (Å²) >= 11 is 1.63. The minimum absolute atomic E-state index is 0.320. The molecule has 0 bridgehead atoms. The number of aromatic nitrogens is 1. The van der Waals surface area contributed by atoms with Crippen molar-refractivity contribution in [3.8, 4) is 16.3 Å². The van der Waals surface area contributed by atoms with E-state index in [1.807, 2.05) is 37.4 Å². The largest absolute Gasteiger partial charge is 0.493 e. The molecule has 1 heterocycles. The Labute approximate surface area is 137 Å². The zero-order valence-corrected chi connectivity index (χ0v) is 13.4. The summed E-state index contributed by atoms with van der Waals surface area (Å²) in [6.07, 6.45) is 0. The van der Waals surface area contributed by atoms with Gasteiger partial charge < -0.3 is 10.1 Å². The Balaban J connectivity index is 1.81. The smallest absolute Gasteiger partial charge is 0.124 e. The summed E-state index contributed by atoms with van der Waals surface area (Å²) in [7, 11) is 1.90. The molecule has 0 saturated carbocycles. The molecule has 2 aromatic carbocycles. The van der Waals surface area contributed by atoms with Gasteiger partial charge in [0.05, 0.1) is 23.4 Å². The molecule has 0 aliphatic carbocycles. The summed E-state index contributed by atoms with van der Waals surface area (Å²) in [4.78, 5) is 7.36. The van der Waals surface area contributed by atoms with E-state index in [1.165, 1.54) is 0 Å². The average molecular weight is 325 g/mol. The summed E-state index contributed by atoms with van der Waals surface area (Å²) in [5.74, 6) is 0.756. The number of ether oxygens (including phenoxy) is 1. The Morgan fingerprint density at radius 3 is 2.83 bits per heavy atom. The molecule has 23 heavy (non-hydrogen) atoms. The van der Waals surface area contributed by atoms with Crippen LogP contribution in [0.3, 0.4) is 0 Å². The van der Waals surface area contributed by atoms with Gasteiger partial charge in [0.1, 0.15) is 10.8 Å². The summed E-state index contributed by atoms with van der Waals surface area (Å²) in [6.45, 7) is 0.687. The molecule has 0 amide bonds. The fourth-order valence-corrected chi connectivity index (χ4v) is 3.15. The maximum absolute atomic E-state index is 8.24. The predicted octanol–water partition coefficient (Wildman–Crippen LogP) is 4.69. The molecule has 7 heteroatoms. The monoisotopic (exact) mass is 325 g/mol. The summed E-state index contributed by atoms with van der Waals surface area (Å²) < 4.78 is 6.64. The number of nitrogens with zero attached hydrogens (tertiary/aromatic N) is 4. The van der Waals surface area contributed by atoms with E-state index >= 15 is 0 Å². The van der Waals surface area contributed by atoms with E-state index in [0.29, 0.717) is 13.2 Å². The highest BCUT2D eigenvalue weighted by Crippen LogP contribution is 2.32. The minimum atomic E-state index is 0.320. The van der Waals surface area contributed by atoms with Gasteiger partial charge in [0.2, 0.25) is 0 Å². The van der Waals surface area contributed by atoms with Crippen molar-refractivity contribution < 1.29 is 4.74 Å². The number of rotatable bonds is 6. The van der Waals surface area contributed by atoms with Crippen LogP contribution in [-0.2, 0) is 0 Å². The second-order valence-electron chi connectivity index (χ2n) is 4.78. The molecule has 0 aliphatic rings. The fourth-order valence-electron chi connectivity index (χ4n) is 2.15. The van der Waals surface area contributed by atoms with Crippen LogP contribution in [0.1, 0.15) is 0 Å². The Hall–Kier alpha value is -2.76. The molecule has 1 aromatic heterocycles. The highest BCUT2D eigenvalue weighted by atomic mass is 32.1. The first-order valence-corrected chi connectivity index (χ1v) is 7.94. The molecule has 0 radical (unpaired) electrons. The molecule has 3 rings (SSSR count). The molecule has 0 aliphatic heterocycles. The maximum Gasteiger partial charge on any atom is 0.124 e. The van der Waals surface area contributed by atoms with Gasteiger partial charge in [0.15, 0.2) is 0 Å². The van der Waals surface area contributed by atoms with Crippen molar-refractivity contribution in [3.63, 3.8) is 0 Å². The van der Waals surface area contributed by atoms with E-state index in [1.54, 1.807) is 11.3 Å². The summed E-state index contributed by atoms with van der Waals surface area (Å²) in [6, 6.07) is 14.0. The lowest BCUT2D eigenvalue weighted by atomic mass is 10.2. The molecule has 0 saturated heterocycles. The SMILES string of the molecule is CNc1ccc(-c2nc3ccc(OCCN=[N+]=[N-])cc3s2)cc1. The first kappa shape index (κ1) is 15.1. The zero-order valence-electron chi connectivity index (χ0n) is 12.6. The van der Waals surface area contributed by atoms with E-state index in [4.69, 9.17) is 10.3 Å². The van der Waals surface area contributed by atoms with E-state index in [9.17, 15) is 0 Å². The molecule has 116 valence electrons. The highest BCUT2D eigenvalue weighted by molar-refractivity contribution is 7.21. The number of benzene rings is 2. The van der Waals surface area contributed by atoms with Crippen LogP contribution >= 0.6 is 11.3 Å². The second kappa shape index (κ2) is 7.00. The highest BCUT2D eigenvalue weighted by Gasteiger charge is 2.07. The lowest BCUT2D eigenvalue weighted by Gasteiger charge is -2.02. The van der Waals surface area contributed by atoms with E-state index in [2.05, 4.69) is 32.5 Å². The number of fused-ring (bicyclic) bond motifs is 1. The number of anilines is 1. The lowest BCUT2D eigenvalue weighted by molar-refractivity contribution is 0.328. The minimum Gasteiger partial charge on any atom is -0.493 e. The summed E-state index contributed by atoms with van der Waals surface area (Å²) in [5, 5.41) is 7.53. The standard InChI is InChI=1S/C16H15N5OS/c1-18-12-4-2-11(3-5-12)16-20-14-7-6-13(10-15(14)23-16)22-9-8-19-21-17/h2-7,10,18H,8-9H2,1H3. The molecule has 6 nitrogen and oxygen atoms in total. The zero-order chi connectivity index (χ0) is 16.1. The predicted molar refractivity (Wildman–Crippen MR) is 94.1 cm³/mol. The van der Waals surface area contributed by atoms with Crippen molar-refractivity contribution >= 4 is 27.2 Å². The Morgan fingerprint density at radius 2 is 2.09 bits per heavy atom. The van der Waals surface area contributed by atoms with Gasteiger partial charge >= 0.3 is 0 Å². The van der Waals surface area contributed by atoms with Gasteiger partial charge in [0.25, 0.3) is 0 Å². The van der Waals surface area contributed by atoms with Crippen LogP contribution in [0.15, 0.2) is 47.6 Å². The van der Waals surface area contributed by atoms with Crippen molar-refractivity contribution in [1.29, 1.82) is 0 Å². The third-order valence-electron chi connectivity index (χ3n) is 3.30. The van der Waals surface area contributed by atoms with Gasteiger partial charge in [-0.25, -0.2) is 4.98 Å². The Bertz CT molecular complexity index is 853. The van der Waals surface area contributed by atoms with Crippen molar-refractivity contribution in [2.75, 3.05) is 25.5 Å². The topological polar surface area (TPSA) is 82.9 Å². The Kier molecular flexibility index (Phi) is 4.61. The van der Waals surface area contributed by atoms with Crippen LogP contribution in [0.2, 0.25) is 0 Å². The number of thiazole rings is 1. The van der Waals surface area contributed by atoms with Gasteiger partial charge in [-0.3, -0.25) is 0 Å². The van der Waals surface area contributed by atoms with Crippen LogP contribution in [0.5, 0.6) is 5.75 Å². The quantitative estimate of drug-likeness (QED) is 0.309. The molecule has 1 N–H and O–H groups in total. The van der Waals surface area contributed by atoms with E-state index in [0.717, 1.165) is 32.2 Å². The van der Waals surface area contributed by atoms with Gasteiger partial charge in [0, 0.05) is 23.2 Å². The third-order valence-corrected chi connectivity index (χ3v) is 4.37. The number of nitrogens with one attached hydrogen (secondary N) is 1. The van der Waals surface area contributed by atoms with Gasteiger partial charge in [-0.15, -0.1) is 11.3 Å². The molecule has 0 unspecified atom stereocenters. The van der Waals surface area contributed by atoms with Crippen LogP contribution < -0.4 is 10.1 Å². The molecular formula is C16H15N5OS. The van der Waals surface area contributed by atoms with Gasteiger partial charge in [-0.1, -0.05) is 5.11 Å². The van der Waals surface area contributed by atoms with Crippen molar-refractivity contribution in [2.45, 2.75) is 0 Å². The van der Waals surface area contributed by atoms with Crippen molar-refractivity contribution in [1.82, 2.24) is 4.98 Å². The normalized spacial score (nSPS) is 10.3. The second-order valence-corrected chi connectivity index (χ2v) is 5.81. The maximum atomic E-state index is 8.24. The Morgan fingerprint density at radius 1 is 1.26 bits per heavy atom. The molecular weight excluding hydrogens is 310 g/mol. The molecule has 3 aromatic rings. The molecule has 0 fully saturated rings. The fraction of sp³-hybridized carbons (Fsp3) is 0.188. The first-order valence-electron chi connectivity index (χ1n) is 7.12. The molecule has 0 spiro atoms. The van der Waals surface area contributed by atoms with Crippen molar-refractivity contribution in [2.24, 2.45) is 5.11 Å². The summed E-state index contributed by atoms with van der Waals surface area (Å²) in [5.41, 5.74) is 11.4.